The molecule has 9 N–H and O–H groups in total. The minimum Gasteiger partial charge on any atom is -0.480 e. The van der Waals surface area contributed by atoms with Gasteiger partial charge in [0.05, 0.1) is 5.66 Å². The molecular formula is C10H26N4O2. The van der Waals surface area contributed by atoms with Gasteiger partial charge in [-0.05, 0) is 32.7 Å². The zero-order valence-electron chi connectivity index (χ0n) is 10.3. The maximum Gasteiger partial charge on any atom is 0.320 e. The molecule has 0 radical (unpaired) electrons. The van der Waals surface area contributed by atoms with Gasteiger partial charge in [0.25, 0.3) is 0 Å². The van der Waals surface area contributed by atoms with E-state index in [1.165, 1.54) is 0 Å². The molecular weight excluding hydrogens is 208 g/mol. The van der Waals surface area contributed by atoms with Crippen LogP contribution in [0.4, 0.5) is 0 Å². The smallest absolute Gasteiger partial charge is 0.320 e. The lowest BCUT2D eigenvalue weighted by atomic mass is 10.1. The van der Waals surface area contributed by atoms with Crippen LogP contribution >= 0.6 is 0 Å². The predicted octanol–water partition coefficient (Wildman–Crippen LogP) is -0.443. The van der Waals surface area contributed by atoms with Crippen LogP contribution in [0.2, 0.25) is 0 Å². The van der Waals surface area contributed by atoms with E-state index >= 15 is 0 Å². The van der Waals surface area contributed by atoms with E-state index in [0.717, 1.165) is 19.3 Å². The summed E-state index contributed by atoms with van der Waals surface area (Å²) in [6, 6.07) is -0.716. The Bertz CT molecular complexity index is 180. The van der Waals surface area contributed by atoms with Gasteiger partial charge in [0.1, 0.15) is 6.04 Å². The topological polar surface area (TPSA) is 141 Å². The highest BCUT2D eigenvalue weighted by molar-refractivity contribution is 5.72. The first-order valence-electron chi connectivity index (χ1n) is 5.50. The van der Waals surface area contributed by atoms with Gasteiger partial charge in [0.15, 0.2) is 0 Å². The molecule has 0 saturated carbocycles. The predicted molar refractivity (Wildman–Crippen MR) is 65.6 cm³/mol. The number of rotatable bonds is 6. The summed E-state index contributed by atoms with van der Waals surface area (Å²) >= 11 is 0. The molecule has 0 aliphatic heterocycles. The fourth-order valence-electron chi connectivity index (χ4n) is 0.632. The van der Waals surface area contributed by atoms with Crippen LogP contribution in [0, 0.1) is 0 Å². The molecule has 6 heteroatoms. The number of carboxylic acid groups (broad SMARTS) is 1. The zero-order valence-corrected chi connectivity index (χ0v) is 10.3. The number of hydrogen-bond acceptors (Lipinski definition) is 5. The number of carbonyl (C=O) groups is 1. The molecule has 98 valence electrons. The highest BCUT2D eigenvalue weighted by Crippen LogP contribution is 1.96. The van der Waals surface area contributed by atoms with Crippen molar-refractivity contribution in [2.24, 2.45) is 22.9 Å². The van der Waals surface area contributed by atoms with Gasteiger partial charge in [-0.2, -0.15) is 0 Å². The lowest BCUT2D eigenvalue weighted by molar-refractivity contribution is -0.138. The quantitative estimate of drug-likeness (QED) is 0.311. The van der Waals surface area contributed by atoms with Crippen molar-refractivity contribution >= 4 is 5.97 Å². The molecule has 0 unspecified atom stereocenters. The van der Waals surface area contributed by atoms with Crippen molar-refractivity contribution in [3.63, 3.8) is 0 Å². The van der Waals surface area contributed by atoms with Crippen LogP contribution in [0.15, 0.2) is 0 Å². The second-order valence-electron chi connectivity index (χ2n) is 4.09. The van der Waals surface area contributed by atoms with Gasteiger partial charge in [-0.25, -0.2) is 0 Å². The number of carboxylic acids is 1. The molecule has 0 aliphatic rings. The summed E-state index contributed by atoms with van der Waals surface area (Å²) in [5.41, 5.74) is 20.6. The van der Waals surface area contributed by atoms with Gasteiger partial charge < -0.3 is 28.0 Å². The SMILES string of the molecule is CCC(C)(N)N.NCCCC[C@H](N)C(=O)O. The molecule has 0 aromatic carbocycles. The maximum atomic E-state index is 10.1. The van der Waals surface area contributed by atoms with Gasteiger partial charge in [0, 0.05) is 0 Å². The number of hydrogen-bond donors (Lipinski definition) is 5. The molecule has 0 aromatic heterocycles. The largest absolute Gasteiger partial charge is 0.480 e. The molecule has 0 fully saturated rings. The third-order valence-electron chi connectivity index (χ3n) is 2.05. The summed E-state index contributed by atoms with van der Waals surface area (Å²) in [6.07, 6.45) is 2.99. The second-order valence-corrected chi connectivity index (χ2v) is 4.09. The van der Waals surface area contributed by atoms with E-state index in [-0.39, 0.29) is 0 Å². The molecule has 0 saturated heterocycles. The maximum absolute atomic E-state index is 10.1. The van der Waals surface area contributed by atoms with Crippen LogP contribution in [-0.2, 0) is 4.79 Å². The lowest BCUT2D eigenvalue weighted by Crippen LogP contribution is -2.44. The van der Waals surface area contributed by atoms with E-state index in [2.05, 4.69) is 0 Å². The van der Waals surface area contributed by atoms with Gasteiger partial charge in [-0.15, -0.1) is 0 Å². The molecule has 0 aliphatic carbocycles. The fourth-order valence-corrected chi connectivity index (χ4v) is 0.632. The van der Waals surface area contributed by atoms with Crippen molar-refractivity contribution in [2.75, 3.05) is 6.54 Å². The number of nitrogens with two attached hydrogens (primary N) is 4. The first-order valence-corrected chi connectivity index (χ1v) is 5.50. The van der Waals surface area contributed by atoms with Crippen molar-refractivity contribution in [1.29, 1.82) is 0 Å². The Kier molecular flexibility index (Phi) is 10.5. The summed E-state index contributed by atoms with van der Waals surface area (Å²) < 4.78 is 0. The van der Waals surface area contributed by atoms with Gasteiger partial charge in [-0.3, -0.25) is 4.79 Å². The minimum absolute atomic E-state index is 0.458. The zero-order chi connectivity index (χ0) is 13.2. The third kappa shape index (κ3) is 15.8. The summed E-state index contributed by atoms with van der Waals surface area (Å²) in [5, 5.41) is 8.33. The molecule has 0 bridgehead atoms. The Morgan fingerprint density at radius 2 is 1.81 bits per heavy atom. The molecule has 0 aromatic rings. The van der Waals surface area contributed by atoms with Crippen molar-refractivity contribution < 1.29 is 9.90 Å². The summed E-state index contributed by atoms with van der Waals surface area (Å²) in [7, 11) is 0. The van der Waals surface area contributed by atoms with Crippen LogP contribution in [0.1, 0.15) is 39.5 Å². The summed E-state index contributed by atoms with van der Waals surface area (Å²) in [6.45, 7) is 4.36. The molecule has 0 amide bonds. The highest BCUT2D eigenvalue weighted by Gasteiger charge is 2.09. The Morgan fingerprint density at radius 1 is 1.38 bits per heavy atom. The fraction of sp³-hybridized carbons (Fsp3) is 0.900. The normalized spacial score (nSPS) is 12.6. The van der Waals surface area contributed by atoms with Crippen molar-refractivity contribution in [3.05, 3.63) is 0 Å². The number of unbranched alkanes of at least 4 members (excludes halogenated alkanes) is 1. The third-order valence-corrected chi connectivity index (χ3v) is 2.05. The van der Waals surface area contributed by atoms with Gasteiger partial charge in [-0.1, -0.05) is 13.3 Å². The van der Waals surface area contributed by atoms with Crippen LogP contribution in [0.3, 0.4) is 0 Å². The van der Waals surface area contributed by atoms with Gasteiger partial charge in [0.2, 0.25) is 0 Å². The molecule has 0 spiro atoms. The van der Waals surface area contributed by atoms with Crippen LogP contribution in [0.5, 0.6) is 0 Å². The summed E-state index contributed by atoms with van der Waals surface area (Å²) in [4.78, 5) is 10.1. The molecule has 0 rings (SSSR count). The van der Waals surface area contributed by atoms with Gasteiger partial charge >= 0.3 is 5.97 Å². The van der Waals surface area contributed by atoms with Crippen LogP contribution < -0.4 is 22.9 Å². The number of aliphatic carboxylic acids is 1. The monoisotopic (exact) mass is 234 g/mol. The average Bonchev–Trinajstić information content (AvgIpc) is 2.17. The van der Waals surface area contributed by atoms with E-state index in [0.29, 0.717) is 13.0 Å². The van der Waals surface area contributed by atoms with E-state index in [1.54, 1.807) is 6.92 Å². The first-order chi connectivity index (χ1) is 7.24. The van der Waals surface area contributed by atoms with E-state index < -0.39 is 17.7 Å². The van der Waals surface area contributed by atoms with Crippen molar-refractivity contribution in [2.45, 2.75) is 51.2 Å². The van der Waals surface area contributed by atoms with Crippen molar-refractivity contribution in [3.8, 4) is 0 Å². The Hall–Kier alpha value is -0.690. The first kappa shape index (κ1) is 17.7. The lowest BCUT2D eigenvalue weighted by Gasteiger charge is -2.13. The Balaban J connectivity index is 0. The van der Waals surface area contributed by atoms with E-state index in [1.807, 2.05) is 6.92 Å². The van der Waals surface area contributed by atoms with Crippen LogP contribution in [-0.4, -0.2) is 29.3 Å². The van der Waals surface area contributed by atoms with E-state index in [4.69, 9.17) is 28.0 Å². The molecule has 16 heavy (non-hydrogen) atoms. The Labute approximate surface area is 97.3 Å². The molecule has 6 nitrogen and oxygen atoms in total. The minimum atomic E-state index is -0.933. The second kappa shape index (κ2) is 9.53. The highest BCUT2D eigenvalue weighted by atomic mass is 16.4. The average molecular weight is 234 g/mol. The van der Waals surface area contributed by atoms with Crippen molar-refractivity contribution in [1.82, 2.24) is 0 Å². The molecule has 0 heterocycles. The Morgan fingerprint density at radius 3 is 2.06 bits per heavy atom. The molecule has 1 atom stereocenters. The van der Waals surface area contributed by atoms with Crippen LogP contribution in [0.25, 0.3) is 0 Å². The standard InChI is InChI=1S/C6H14N2O2.C4H12N2/c7-4-2-1-3-5(8)6(9)10;1-3-4(2,5)6/h5H,1-4,7-8H2,(H,9,10);3,5-6H2,1-2H3/t5-;/m0./s1. The summed E-state index contributed by atoms with van der Waals surface area (Å²) in [5.74, 6) is -0.933. The van der Waals surface area contributed by atoms with E-state index in [9.17, 15) is 4.79 Å².